The van der Waals surface area contributed by atoms with Gasteiger partial charge in [-0.2, -0.15) is 0 Å². The highest BCUT2D eigenvalue weighted by molar-refractivity contribution is 7.89. The summed E-state index contributed by atoms with van der Waals surface area (Å²) in [5.41, 5.74) is 5.76. The maximum Gasteiger partial charge on any atom is 0.240 e. The van der Waals surface area contributed by atoms with Crippen molar-refractivity contribution < 1.29 is 45.4 Å². The van der Waals surface area contributed by atoms with Gasteiger partial charge in [-0.05, 0) is 89.0 Å². The smallest absolute Gasteiger partial charge is 0.240 e. The molecule has 4 aromatic rings. The average Bonchev–Trinajstić information content (AvgIpc) is 3.32. The zero-order chi connectivity index (χ0) is 49.8. The monoisotopic (exact) mass is 1070 g/mol. The lowest BCUT2D eigenvalue weighted by atomic mass is 9.85. The fourth-order valence-corrected chi connectivity index (χ4v) is 10.7. The van der Waals surface area contributed by atoms with Crippen LogP contribution in [0.5, 0.6) is 0 Å². The Hall–Kier alpha value is -3.44. The summed E-state index contributed by atoms with van der Waals surface area (Å²) in [7, 11) is -5.67. The number of ether oxygens (including phenoxy) is 4. The Labute approximate surface area is 425 Å². The van der Waals surface area contributed by atoms with Crippen LogP contribution in [-0.2, 0) is 61.7 Å². The van der Waals surface area contributed by atoms with E-state index in [4.69, 9.17) is 65.4 Å². The normalized spacial score (nSPS) is 14.3. The summed E-state index contributed by atoms with van der Waals surface area (Å²) >= 11 is 25.4. The molecule has 69 heavy (non-hydrogen) atoms. The minimum absolute atomic E-state index is 0.00661. The Kier molecular flexibility index (Phi) is 23.4. The van der Waals surface area contributed by atoms with Crippen LogP contribution in [-0.4, -0.2) is 121 Å². The third-order valence-corrected chi connectivity index (χ3v) is 15.1. The number of carbonyl (C=O) groups is 2. The molecular formula is C47H60Cl4N6O10S2. The van der Waals surface area contributed by atoms with Gasteiger partial charge in [0.15, 0.2) is 0 Å². The molecular weight excluding hydrogens is 1010 g/mol. The van der Waals surface area contributed by atoms with E-state index in [2.05, 4.69) is 30.7 Å². The first kappa shape index (κ1) is 56.5. The van der Waals surface area contributed by atoms with E-state index in [-0.39, 0.29) is 125 Å². The molecule has 0 saturated heterocycles. The molecule has 0 fully saturated rings. The van der Waals surface area contributed by atoms with Gasteiger partial charge in [0.05, 0.1) is 62.6 Å². The second-order valence-corrected chi connectivity index (χ2v) is 21.2. The fraction of sp³-hybridized carbons (Fsp3) is 0.447. The van der Waals surface area contributed by atoms with Crippen molar-refractivity contribution in [1.29, 1.82) is 0 Å². The number of hydrogen-bond acceptors (Lipinski definition) is 12. The topological polar surface area (TPSA) is 212 Å². The molecule has 2 atom stereocenters. The molecule has 4 aromatic carbocycles. The molecule has 0 spiro atoms. The van der Waals surface area contributed by atoms with E-state index < -0.39 is 20.0 Å². The van der Waals surface area contributed by atoms with Crippen molar-refractivity contribution in [3.8, 4) is 0 Å². The van der Waals surface area contributed by atoms with Crippen molar-refractivity contribution in [2.75, 3.05) is 92.6 Å². The van der Waals surface area contributed by atoms with Crippen molar-refractivity contribution in [2.45, 2.75) is 54.5 Å². The lowest BCUT2D eigenvalue weighted by molar-refractivity contribution is -0.126. The molecule has 1 aliphatic rings. The van der Waals surface area contributed by atoms with Gasteiger partial charge in [-0.3, -0.25) is 9.59 Å². The Morgan fingerprint density at radius 2 is 1.13 bits per heavy atom. The van der Waals surface area contributed by atoms with Crippen LogP contribution in [0.25, 0.3) is 0 Å². The first-order valence-electron chi connectivity index (χ1n) is 22.4. The van der Waals surface area contributed by atoms with E-state index in [9.17, 15) is 26.4 Å². The third-order valence-electron chi connectivity index (χ3n) is 11.1. The highest BCUT2D eigenvalue weighted by atomic mass is 35.5. The molecule has 0 saturated carbocycles. The van der Waals surface area contributed by atoms with E-state index in [0.717, 1.165) is 33.4 Å². The molecule has 0 radical (unpaired) electrons. The van der Waals surface area contributed by atoms with Crippen LogP contribution < -0.4 is 30.7 Å². The van der Waals surface area contributed by atoms with E-state index in [1.54, 1.807) is 60.7 Å². The SMILES string of the molecule is CNCc1c(Cl)cc(Cl)cc1[C@@H](C)c1ccc(S(=O)(=O)NCCOCCOCCNC(=O)CCC(=O)NCCOCCOCCNS(=O)(=O)c2ccc([C@@H]3CNCc4c(Cl)cc(Cl)cc43)cc2)cc1. The number of rotatable bonds is 30. The number of benzene rings is 4. The fourth-order valence-electron chi connectivity index (χ4n) is 7.47. The minimum atomic E-state index is -3.76. The molecule has 0 aromatic heterocycles. The molecule has 1 heterocycles. The van der Waals surface area contributed by atoms with Crippen LogP contribution in [0, 0.1) is 0 Å². The number of sulfonamides is 2. The Bertz CT molecular complexity index is 2530. The quantitative estimate of drug-likeness (QED) is 0.0346. The molecule has 0 bridgehead atoms. The molecule has 22 heteroatoms. The van der Waals surface area contributed by atoms with E-state index in [0.29, 0.717) is 39.7 Å². The standard InChI is InChI=1S/C47H60Cl4N6O10S2/c1-32(39-25-35(48)27-44(50)42(39)29-52-2)33-3-7-37(8-4-33)68(60,61)56-15-19-66-23-21-64-17-13-54-46(58)11-12-47(59)55-14-18-65-22-24-67-20-16-57-69(62,63)38-9-5-34(6-10-38)41-30-53-31-43-40(41)26-36(49)28-45(43)51/h3-10,25-28,32,41,52-53,56-57H,11-24,29-31H2,1-2H3,(H,54,58)(H,55,59)/t32-,41-/m0/s1. The highest BCUT2D eigenvalue weighted by Gasteiger charge is 2.25. The van der Waals surface area contributed by atoms with Gasteiger partial charge in [0, 0.05) is 90.6 Å². The number of halogens is 4. The van der Waals surface area contributed by atoms with E-state index in [1.165, 1.54) is 0 Å². The minimum Gasteiger partial charge on any atom is -0.378 e. The molecule has 5 rings (SSSR count). The maximum atomic E-state index is 12.9. The van der Waals surface area contributed by atoms with Crippen LogP contribution in [0.3, 0.4) is 0 Å². The van der Waals surface area contributed by atoms with Crippen LogP contribution in [0.15, 0.2) is 82.6 Å². The second kappa shape index (κ2) is 28.6. The van der Waals surface area contributed by atoms with Crippen molar-refractivity contribution in [1.82, 2.24) is 30.7 Å². The summed E-state index contributed by atoms with van der Waals surface area (Å²) < 4.78 is 78.4. The van der Waals surface area contributed by atoms with Gasteiger partial charge in [0.25, 0.3) is 0 Å². The predicted molar refractivity (Wildman–Crippen MR) is 269 cm³/mol. The van der Waals surface area contributed by atoms with Crippen molar-refractivity contribution in [2.24, 2.45) is 0 Å². The average molecular weight is 1070 g/mol. The predicted octanol–water partition coefficient (Wildman–Crippen LogP) is 5.74. The summed E-state index contributed by atoms with van der Waals surface area (Å²) in [4.78, 5) is 24.6. The first-order chi connectivity index (χ1) is 33.1. The van der Waals surface area contributed by atoms with E-state index in [1.807, 2.05) is 26.1 Å². The number of amides is 2. The van der Waals surface area contributed by atoms with Gasteiger partial charge < -0.3 is 40.2 Å². The number of carbonyl (C=O) groups excluding carboxylic acids is 2. The van der Waals surface area contributed by atoms with Crippen molar-refractivity contribution in [3.63, 3.8) is 0 Å². The number of fused-ring (bicyclic) bond motifs is 1. The molecule has 2 amide bonds. The van der Waals surface area contributed by atoms with Gasteiger partial charge in [-0.1, -0.05) is 77.6 Å². The molecule has 378 valence electrons. The molecule has 0 aliphatic carbocycles. The van der Waals surface area contributed by atoms with Crippen molar-refractivity contribution in [3.05, 3.63) is 126 Å². The number of nitrogens with one attached hydrogen (secondary N) is 6. The van der Waals surface area contributed by atoms with Gasteiger partial charge in [-0.25, -0.2) is 26.3 Å². The van der Waals surface area contributed by atoms with Crippen LogP contribution in [0.2, 0.25) is 20.1 Å². The Morgan fingerprint density at radius 1 is 0.652 bits per heavy atom. The van der Waals surface area contributed by atoms with Gasteiger partial charge in [-0.15, -0.1) is 0 Å². The summed E-state index contributed by atoms with van der Waals surface area (Å²) in [5, 5.41) is 14.1. The Morgan fingerprint density at radius 3 is 1.65 bits per heavy atom. The number of hydrogen-bond donors (Lipinski definition) is 6. The van der Waals surface area contributed by atoms with Gasteiger partial charge >= 0.3 is 0 Å². The molecule has 1 aliphatic heterocycles. The lowest BCUT2D eigenvalue weighted by Crippen LogP contribution is -2.31. The van der Waals surface area contributed by atoms with E-state index >= 15 is 0 Å². The zero-order valence-corrected chi connectivity index (χ0v) is 43.2. The van der Waals surface area contributed by atoms with Gasteiger partial charge in [0.2, 0.25) is 31.9 Å². The van der Waals surface area contributed by atoms with Gasteiger partial charge in [0.1, 0.15) is 0 Å². The molecule has 0 unspecified atom stereocenters. The summed E-state index contributed by atoms with van der Waals surface area (Å²) in [6.07, 6.45) is 0.0134. The first-order valence-corrected chi connectivity index (χ1v) is 26.9. The third kappa shape index (κ3) is 18.0. The molecule has 6 N–H and O–H groups in total. The largest absolute Gasteiger partial charge is 0.378 e. The van der Waals surface area contributed by atoms with Crippen molar-refractivity contribution >= 4 is 78.3 Å². The maximum absolute atomic E-state index is 12.9. The zero-order valence-electron chi connectivity index (χ0n) is 38.5. The second-order valence-electron chi connectivity index (χ2n) is 15.9. The van der Waals surface area contributed by atoms with Crippen LogP contribution >= 0.6 is 46.4 Å². The summed E-state index contributed by atoms with van der Waals surface area (Å²) in [6.45, 7) is 6.23. The van der Waals surface area contributed by atoms with Crippen LogP contribution in [0.1, 0.15) is 65.0 Å². The Balaban J connectivity index is 0.819. The molecule has 16 nitrogen and oxygen atoms in total. The summed E-state index contributed by atoms with van der Waals surface area (Å²) in [6, 6.07) is 20.6. The van der Waals surface area contributed by atoms with Crippen LogP contribution in [0.4, 0.5) is 0 Å². The summed E-state index contributed by atoms with van der Waals surface area (Å²) in [5.74, 6) is -0.689. The lowest BCUT2D eigenvalue weighted by Gasteiger charge is -2.28. The highest BCUT2D eigenvalue weighted by Crippen LogP contribution is 2.37.